The quantitative estimate of drug-likeness (QED) is 0.311. The molecule has 0 radical (unpaired) electrons. The van der Waals surface area contributed by atoms with E-state index in [1.807, 2.05) is 0 Å². The summed E-state index contributed by atoms with van der Waals surface area (Å²) < 4.78 is 0. The van der Waals surface area contributed by atoms with Gasteiger partial charge < -0.3 is 28.3 Å². The molecule has 0 saturated heterocycles. The number of amides is 2. The molecule has 0 saturated carbocycles. The highest BCUT2D eigenvalue weighted by molar-refractivity contribution is 5.88. The van der Waals surface area contributed by atoms with Crippen molar-refractivity contribution >= 4 is 11.8 Å². The summed E-state index contributed by atoms with van der Waals surface area (Å²) in [5.74, 6) is -0.947. The van der Waals surface area contributed by atoms with Crippen LogP contribution in [-0.2, 0) is 9.59 Å². The highest BCUT2D eigenvalue weighted by atomic mass is 16.2. The van der Waals surface area contributed by atoms with Crippen LogP contribution in [0.15, 0.2) is 0 Å². The van der Waals surface area contributed by atoms with Crippen molar-refractivity contribution in [1.29, 1.82) is 0 Å². The maximum absolute atomic E-state index is 11.6. The first kappa shape index (κ1) is 15.8. The molecule has 100 valence electrons. The molecule has 0 aliphatic heterocycles. The summed E-state index contributed by atoms with van der Waals surface area (Å²) in [5, 5.41) is 2.53. The predicted molar refractivity (Wildman–Crippen MR) is 65.7 cm³/mol. The number of hydrogen-bond acceptors (Lipinski definition) is 5. The first-order chi connectivity index (χ1) is 8.02. The Balaban J connectivity index is 4.15. The molecule has 17 heavy (non-hydrogen) atoms. The minimum atomic E-state index is -0.699. The highest BCUT2D eigenvalue weighted by Crippen LogP contribution is 1.98. The Labute approximate surface area is 101 Å². The van der Waals surface area contributed by atoms with Crippen LogP contribution in [0.2, 0.25) is 0 Å². The third-order valence-electron chi connectivity index (χ3n) is 2.41. The molecule has 0 unspecified atom stereocenters. The minimum Gasteiger partial charge on any atom is -0.368 e. The molecule has 2 amide bonds. The molecule has 9 N–H and O–H groups in total. The van der Waals surface area contributed by atoms with Crippen LogP contribution < -0.4 is 28.3 Å². The van der Waals surface area contributed by atoms with Crippen LogP contribution in [-0.4, -0.2) is 37.0 Å². The van der Waals surface area contributed by atoms with Crippen molar-refractivity contribution in [2.24, 2.45) is 22.9 Å². The summed E-state index contributed by atoms with van der Waals surface area (Å²) >= 11 is 0. The van der Waals surface area contributed by atoms with Gasteiger partial charge in [0.05, 0.1) is 6.04 Å². The summed E-state index contributed by atoms with van der Waals surface area (Å²) in [6.45, 7) is 0.923. The molecule has 0 bridgehead atoms. The fourth-order valence-corrected chi connectivity index (χ4v) is 1.36. The van der Waals surface area contributed by atoms with Crippen LogP contribution in [0.1, 0.15) is 25.7 Å². The summed E-state index contributed by atoms with van der Waals surface area (Å²) in [6, 6.07) is -1.35. The maximum Gasteiger partial charge on any atom is 0.240 e. The van der Waals surface area contributed by atoms with Gasteiger partial charge in [-0.05, 0) is 38.8 Å². The van der Waals surface area contributed by atoms with Gasteiger partial charge >= 0.3 is 0 Å². The average Bonchev–Trinajstić information content (AvgIpc) is 2.30. The van der Waals surface area contributed by atoms with Crippen LogP contribution in [0.3, 0.4) is 0 Å². The van der Waals surface area contributed by atoms with Gasteiger partial charge in [0, 0.05) is 0 Å². The van der Waals surface area contributed by atoms with Crippen LogP contribution in [0.25, 0.3) is 0 Å². The van der Waals surface area contributed by atoms with Crippen molar-refractivity contribution in [2.45, 2.75) is 37.8 Å². The SMILES string of the molecule is NCCC[C@@H](N)C(=O)N[C@H](CCCN)C(N)=O. The Bertz CT molecular complexity index is 247. The second-order valence-corrected chi connectivity index (χ2v) is 3.93. The molecule has 0 aromatic heterocycles. The van der Waals surface area contributed by atoms with E-state index in [-0.39, 0.29) is 5.91 Å². The van der Waals surface area contributed by atoms with Crippen LogP contribution in [0.5, 0.6) is 0 Å². The van der Waals surface area contributed by atoms with Crippen LogP contribution in [0.4, 0.5) is 0 Å². The van der Waals surface area contributed by atoms with Crippen molar-refractivity contribution in [3.05, 3.63) is 0 Å². The normalized spacial score (nSPS) is 14.1. The molecule has 7 nitrogen and oxygen atoms in total. The third-order valence-corrected chi connectivity index (χ3v) is 2.41. The molecule has 0 aliphatic carbocycles. The Morgan fingerprint density at radius 2 is 1.59 bits per heavy atom. The van der Waals surface area contributed by atoms with E-state index >= 15 is 0 Å². The molecule has 0 rings (SSSR count). The van der Waals surface area contributed by atoms with E-state index in [1.165, 1.54) is 0 Å². The van der Waals surface area contributed by atoms with Crippen molar-refractivity contribution < 1.29 is 9.59 Å². The molecule has 7 heteroatoms. The van der Waals surface area contributed by atoms with Gasteiger partial charge in [0.2, 0.25) is 11.8 Å². The van der Waals surface area contributed by atoms with Gasteiger partial charge in [-0.1, -0.05) is 0 Å². The van der Waals surface area contributed by atoms with E-state index in [2.05, 4.69) is 5.32 Å². The van der Waals surface area contributed by atoms with E-state index in [9.17, 15) is 9.59 Å². The Hall–Kier alpha value is -1.18. The fraction of sp³-hybridized carbons (Fsp3) is 0.800. The van der Waals surface area contributed by atoms with Gasteiger partial charge in [0.1, 0.15) is 6.04 Å². The Morgan fingerprint density at radius 3 is 2.06 bits per heavy atom. The number of carbonyl (C=O) groups excluding carboxylic acids is 2. The molecule has 0 spiro atoms. The highest BCUT2D eigenvalue weighted by Gasteiger charge is 2.20. The van der Waals surface area contributed by atoms with E-state index in [4.69, 9.17) is 22.9 Å². The Morgan fingerprint density at radius 1 is 1.06 bits per heavy atom. The van der Waals surface area contributed by atoms with Gasteiger partial charge in [-0.25, -0.2) is 0 Å². The zero-order valence-corrected chi connectivity index (χ0v) is 10.0. The molecule has 0 aliphatic rings. The zero-order valence-electron chi connectivity index (χ0n) is 10.0. The Kier molecular flexibility index (Phi) is 8.29. The van der Waals surface area contributed by atoms with Crippen LogP contribution >= 0.6 is 0 Å². The maximum atomic E-state index is 11.6. The topological polar surface area (TPSA) is 150 Å². The third kappa shape index (κ3) is 6.88. The minimum absolute atomic E-state index is 0.376. The number of nitrogens with one attached hydrogen (secondary N) is 1. The van der Waals surface area contributed by atoms with Gasteiger partial charge in [-0.15, -0.1) is 0 Å². The van der Waals surface area contributed by atoms with E-state index in [1.54, 1.807) is 0 Å². The standard InChI is InChI=1S/C10H23N5O2/c11-5-1-3-7(13)10(17)15-8(9(14)16)4-2-6-12/h7-8H,1-6,11-13H2,(H2,14,16)(H,15,17)/t7-,8-/m1/s1. The molecular formula is C10H23N5O2. The van der Waals surface area contributed by atoms with Crippen molar-refractivity contribution in [3.63, 3.8) is 0 Å². The van der Waals surface area contributed by atoms with E-state index in [0.29, 0.717) is 38.8 Å². The number of hydrogen-bond donors (Lipinski definition) is 5. The van der Waals surface area contributed by atoms with E-state index < -0.39 is 18.0 Å². The number of carbonyl (C=O) groups is 2. The van der Waals surface area contributed by atoms with Crippen LogP contribution in [0, 0.1) is 0 Å². The molecule has 2 atom stereocenters. The molecule has 0 heterocycles. The van der Waals surface area contributed by atoms with Gasteiger partial charge in [0.15, 0.2) is 0 Å². The lowest BCUT2D eigenvalue weighted by atomic mass is 10.1. The first-order valence-corrected chi connectivity index (χ1v) is 5.78. The fourth-order valence-electron chi connectivity index (χ4n) is 1.36. The second-order valence-electron chi connectivity index (χ2n) is 3.93. The van der Waals surface area contributed by atoms with Crippen molar-refractivity contribution in [3.8, 4) is 0 Å². The summed E-state index contributed by atoms with van der Waals surface area (Å²) in [6.07, 6.45) is 2.20. The molecular weight excluding hydrogens is 222 g/mol. The van der Waals surface area contributed by atoms with Gasteiger partial charge in [-0.2, -0.15) is 0 Å². The lowest BCUT2D eigenvalue weighted by Gasteiger charge is -2.18. The van der Waals surface area contributed by atoms with Crippen molar-refractivity contribution in [1.82, 2.24) is 5.32 Å². The summed E-state index contributed by atoms with van der Waals surface area (Å²) in [4.78, 5) is 22.7. The zero-order chi connectivity index (χ0) is 13.3. The van der Waals surface area contributed by atoms with E-state index in [0.717, 1.165) is 0 Å². The molecule has 0 fully saturated rings. The number of primary amides is 1. The molecule has 0 aromatic carbocycles. The van der Waals surface area contributed by atoms with Crippen molar-refractivity contribution in [2.75, 3.05) is 13.1 Å². The van der Waals surface area contributed by atoms with Gasteiger partial charge in [-0.3, -0.25) is 9.59 Å². The number of nitrogens with two attached hydrogens (primary N) is 4. The molecule has 0 aromatic rings. The smallest absolute Gasteiger partial charge is 0.240 e. The lowest BCUT2D eigenvalue weighted by molar-refractivity contribution is -0.128. The summed E-state index contributed by atoms with van der Waals surface area (Å²) in [7, 11) is 0. The predicted octanol–water partition coefficient (Wildman–Crippen LogP) is -2.24. The van der Waals surface area contributed by atoms with Gasteiger partial charge in [0.25, 0.3) is 0 Å². The summed E-state index contributed by atoms with van der Waals surface area (Å²) in [5.41, 5.74) is 21.5. The first-order valence-electron chi connectivity index (χ1n) is 5.78. The monoisotopic (exact) mass is 245 g/mol. The average molecular weight is 245 g/mol. The number of rotatable bonds is 9. The second kappa shape index (κ2) is 8.91. The lowest BCUT2D eigenvalue weighted by Crippen LogP contribution is -2.50. The largest absolute Gasteiger partial charge is 0.368 e.